The zero-order chi connectivity index (χ0) is 7.52. The molecule has 2 rings (SSSR count). The van der Waals surface area contributed by atoms with Crippen LogP contribution in [-0.2, 0) is 0 Å². The second kappa shape index (κ2) is 3.17. The van der Waals surface area contributed by atoms with E-state index >= 15 is 0 Å². The molecule has 2 nitrogen and oxygen atoms in total. The van der Waals surface area contributed by atoms with Crippen LogP contribution in [0, 0.1) is 0 Å². The molecule has 1 aromatic rings. The Hall–Kier alpha value is -0.641. The predicted octanol–water partition coefficient (Wildman–Crippen LogP) is 1.13. The van der Waals surface area contributed by atoms with Gasteiger partial charge >= 0.3 is 75.2 Å². The summed E-state index contributed by atoms with van der Waals surface area (Å²) < 4.78 is 4.34. The Labute approximate surface area is 75.3 Å². The first-order valence-electron chi connectivity index (χ1n) is 3.36. The quantitative estimate of drug-likeness (QED) is 0.684. The molecule has 0 fully saturated rings. The number of hydrogen-bond acceptors (Lipinski definition) is 2. The summed E-state index contributed by atoms with van der Waals surface area (Å²) >= 11 is -0.371. The van der Waals surface area contributed by atoms with E-state index in [0.717, 1.165) is 11.3 Å². The molecule has 2 radical (unpaired) electrons. The van der Waals surface area contributed by atoms with E-state index in [2.05, 4.69) is 18.3 Å². The van der Waals surface area contributed by atoms with Gasteiger partial charge in [-0.1, -0.05) is 0 Å². The van der Waals surface area contributed by atoms with E-state index in [4.69, 9.17) is 0 Å². The minimum absolute atomic E-state index is 0.371. The molecule has 11 heavy (non-hydrogen) atoms. The number of pyridine rings is 1. The molecule has 0 aliphatic carbocycles. The SMILES string of the molecule is [CH]1=NC(c2cccnc2)=[CH][Sn]1. The van der Waals surface area contributed by atoms with Crippen molar-refractivity contribution in [1.29, 1.82) is 0 Å². The van der Waals surface area contributed by atoms with Crippen molar-refractivity contribution in [2.24, 2.45) is 4.99 Å². The molecule has 0 bridgehead atoms. The topological polar surface area (TPSA) is 25.2 Å². The van der Waals surface area contributed by atoms with Gasteiger partial charge in [0, 0.05) is 0 Å². The Balaban J connectivity index is 2.37. The number of nitrogens with zero attached hydrogens (tertiary/aromatic N) is 2. The average Bonchev–Trinajstić information content (AvgIpc) is 2.58. The van der Waals surface area contributed by atoms with Crippen LogP contribution in [0.3, 0.4) is 0 Å². The fourth-order valence-corrected chi connectivity index (χ4v) is 2.89. The van der Waals surface area contributed by atoms with Gasteiger partial charge in [-0.3, -0.25) is 0 Å². The molecule has 0 saturated heterocycles. The Morgan fingerprint density at radius 2 is 2.36 bits per heavy atom. The molecule has 0 amide bonds. The van der Waals surface area contributed by atoms with Crippen molar-refractivity contribution < 1.29 is 0 Å². The van der Waals surface area contributed by atoms with Crippen molar-refractivity contribution >= 4 is 31.1 Å². The third kappa shape index (κ3) is 1.50. The van der Waals surface area contributed by atoms with Gasteiger partial charge in [0.05, 0.1) is 0 Å². The summed E-state index contributed by atoms with van der Waals surface area (Å²) in [5, 5.41) is 0. The van der Waals surface area contributed by atoms with Crippen LogP contribution in [0.4, 0.5) is 0 Å². The molecule has 0 N–H and O–H groups in total. The van der Waals surface area contributed by atoms with Crippen molar-refractivity contribution in [2.75, 3.05) is 0 Å². The third-order valence-electron chi connectivity index (χ3n) is 1.46. The molecule has 52 valence electrons. The monoisotopic (exact) mass is 250 g/mol. The normalized spacial score (nSPS) is 15.1. The first kappa shape index (κ1) is 7.03. The molecule has 0 unspecified atom stereocenters. The molecule has 3 heteroatoms. The Bertz CT molecular complexity index is 303. The third-order valence-corrected chi connectivity index (χ3v) is 3.51. The molecule has 0 spiro atoms. The molecular formula is C8H6N2Sn. The van der Waals surface area contributed by atoms with Gasteiger partial charge in [-0.25, -0.2) is 0 Å². The van der Waals surface area contributed by atoms with Crippen molar-refractivity contribution in [1.82, 2.24) is 4.98 Å². The van der Waals surface area contributed by atoms with Gasteiger partial charge in [0.15, 0.2) is 0 Å². The summed E-state index contributed by atoms with van der Waals surface area (Å²) in [5.41, 5.74) is 2.26. The fourth-order valence-electron chi connectivity index (χ4n) is 0.932. The molecular weight excluding hydrogens is 243 g/mol. The van der Waals surface area contributed by atoms with Crippen LogP contribution in [-0.4, -0.2) is 30.4 Å². The molecule has 1 aromatic heterocycles. The maximum atomic E-state index is 4.28. The molecule has 2 heterocycles. The maximum absolute atomic E-state index is 4.28. The minimum atomic E-state index is -0.371. The summed E-state index contributed by atoms with van der Waals surface area (Å²) in [5.74, 6) is 0. The van der Waals surface area contributed by atoms with Crippen LogP contribution in [0.2, 0.25) is 0 Å². The van der Waals surface area contributed by atoms with Gasteiger partial charge < -0.3 is 0 Å². The van der Waals surface area contributed by atoms with E-state index in [1.54, 1.807) is 6.20 Å². The van der Waals surface area contributed by atoms with Gasteiger partial charge in [0.1, 0.15) is 0 Å². The zero-order valence-corrected chi connectivity index (χ0v) is 8.71. The van der Waals surface area contributed by atoms with Crippen LogP contribution < -0.4 is 0 Å². The number of aromatic nitrogens is 1. The van der Waals surface area contributed by atoms with Gasteiger partial charge in [0.25, 0.3) is 0 Å². The van der Waals surface area contributed by atoms with Gasteiger partial charge in [-0.05, 0) is 0 Å². The van der Waals surface area contributed by atoms with Crippen LogP contribution in [0.1, 0.15) is 5.56 Å². The molecule has 1 aliphatic heterocycles. The van der Waals surface area contributed by atoms with Crippen molar-refractivity contribution in [3.63, 3.8) is 0 Å². The van der Waals surface area contributed by atoms with E-state index in [1.165, 1.54) is 0 Å². The van der Waals surface area contributed by atoms with Crippen LogP contribution in [0.5, 0.6) is 0 Å². The summed E-state index contributed by atoms with van der Waals surface area (Å²) in [6.45, 7) is 0. The van der Waals surface area contributed by atoms with Crippen LogP contribution in [0.25, 0.3) is 5.70 Å². The van der Waals surface area contributed by atoms with Crippen LogP contribution >= 0.6 is 0 Å². The number of hydrogen-bond donors (Lipinski definition) is 0. The first-order valence-corrected chi connectivity index (χ1v) is 6.65. The number of rotatable bonds is 1. The van der Waals surface area contributed by atoms with E-state index in [9.17, 15) is 0 Å². The second-order valence-corrected chi connectivity index (χ2v) is 4.71. The zero-order valence-electron chi connectivity index (χ0n) is 5.86. The van der Waals surface area contributed by atoms with Crippen molar-refractivity contribution in [2.45, 2.75) is 0 Å². The second-order valence-electron chi connectivity index (χ2n) is 2.20. The Kier molecular flexibility index (Phi) is 2.03. The van der Waals surface area contributed by atoms with E-state index < -0.39 is 0 Å². The summed E-state index contributed by atoms with van der Waals surface area (Å²) in [6, 6.07) is 3.98. The van der Waals surface area contributed by atoms with E-state index in [0.29, 0.717) is 0 Å². The molecule has 0 saturated carbocycles. The number of aliphatic imine (C=N–C) groups is 1. The van der Waals surface area contributed by atoms with Crippen LogP contribution in [0.15, 0.2) is 33.6 Å². The summed E-state index contributed by atoms with van der Waals surface area (Å²) in [7, 11) is 0. The Morgan fingerprint density at radius 3 is 3.00 bits per heavy atom. The molecule has 1 aliphatic rings. The molecule has 0 aromatic carbocycles. The standard InChI is InChI=1S/C8H6N2.Sn/c1-7(9-2)8-4-3-5-10-6-8;/h1-6H;. The van der Waals surface area contributed by atoms with Crippen molar-refractivity contribution in [3.8, 4) is 0 Å². The van der Waals surface area contributed by atoms with Crippen molar-refractivity contribution in [3.05, 3.63) is 34.2 Å². The van der Waals surface area contributed by atoms with Gasteiger partial charge in [-0.2, -0.15) is 0 Å². The summed E-state index contributed by atoms with van der Waals surface area (Å²) in [4.78, 5) is 8.31. The van der Waals surface area contributed by atoms with E-state index in [-0.39, 0.29) is 21.1 Å². The first-order chi connectivity index (χ1) is 5.47. The van der Waals surface area contributed by atoms with Gasteiger partial charge in [0.2, 0.25) is 0 Å². The average molecular weight is 249 g/mol. The summed E-state index contributed by atoms with van der Waals surface area (Å²) in [6.07, 6.45) is 3.64. The Morgan fingerprint density at radius 1 is 1.36 bits per heavy atom. The molecule has 0 atom stereocenters. The van der Waals surface area contributed by atoms with E-state index in [1.807, 2.05) is 18.3 Å². The van der Waals surface area contributed by atoms with Gasteiger partial charge in [-0.15, -0.1) is 0 Å². The fraction of sp³-hybridized carbons (Fsp3) is 0. The predicted molar refractivity (Wildman–Crippen MR) is 46.5 cm³/mol.